The topological polar surface area (TPSA) is 36.0 Å². The average molecular weight is 151 g/mol. The Kier molecular flexibility index (Phi) is 4.14. The molecule has 2 N–H and O–H groups in total. The number of rotatable bonds is 0. The van der Waals surface area contributed by atoms with E-state index in [0.717, 1.165) is 0 Å². The molecule has 44 valence electrons. The van der Waals surface area contributed by atoms with Gasteiger partial charge in [0, 0.05) is 6.20 Å². The summed E-state index contributed by atoms with van der Waals surface area (Å²) in [4.78, 5) is 2.66. The van der Waals surface area contributed by atoms with Crippen LogP contribution in [0.4, 0.5) is 0 Å². The van der Waals surface area contributed by atoms with Crippen molar-refractivity contribution in [3.8, 4) is 5.75 Å². The summed E-state index contributed by atoms with van der Waals surface area (Å²) < 4.78 is 0.382. The van der Waals surface area contributed by atoms with Crippen LogP contribution in [-0.2, 0) is 0 Å². The zero-order valence-electron chi connectivity index (χ0n) is 4.09. The van der Waals surface area contributed by atoms with Crippen LogP contribution in [0.2, 0.25) is 0 Å². The third-order valence-corrected chi connectivity index (χ3v) is 1.12. The molecule has 0 bridgehead atoms. The van der Waals surface area contributed by atoms with E-state index in [0.29, 0.717) is 4.64 Å². The fraction of sp³-hybridized carbons (Fsp3) is 0. The third-order valence-electron chi connectivity index (χ3n) is 0.797. The molecule has 1 rings (SSSR count). The van der Waals surface area contributed by atoms with Gasteiger partial charge in [-0.05, 0) is 12.1 Å². The Morgan fingerprint density at radius 2 is 2.22 bits per heavy atom. The zero-order chi connectivity index (χ0) is 5.98. The van der Waals surface area contributed by atoms with Crippen molar-refractivity contribution in [2.45, 2.75) is 0 Å². The first-order valence-electron chi connectivity index (χ1n) is 2.17. The fourth-order valence-electron chi connectivity index (χ4n) is 0.413. The molecule has 0 saturated heterocycles. The number of aromatic amines is 1. The number of aromatic nitrogens is 1. The number of pyridine rings is 1. The van der Waals surface area contributed by atoms with Crippen LogP contribution >= 0.6 is 12.2 Å². The summed E-state index contributed by atoms with van der Waals surface area (Å²) in [6.45, 7) is 0. The van der Waals surface area contributed by atoms with Crippen LogP contribution in [-0.4, -0.2) is 39.6 Å². The van der Waals surface area contributed by atoms with Crippen molar-refractivity contribution >= 4 is 41.8 Å². The van der Waals surface area contributed by atoms with Crippen LogP contribution < -0.4 is 0 Å². The van der Waals surface area contributed by atoms with E-state index in [2.05, 4.69) is 17.2 Å². The van der Waals surface area contributed by atoms with Crippen LogP contribution in [0.3, 0.4) is 0 Å². The van der Waals surface area contributed by atoms with Gasteiger partial charge in [0.25, 0.3) is 0 Å². The standard InChI is InChI=1S/C5H5NOS.Na.H/c7-4-2-1-3-6-5(4)8;;/h1-3,7H,(H,6,8);;. The second kappa shape index (κ2) is 4.06. The van der Waals surface area contributed by atoms with Crippen LogP contribution in [0.15, 0.2) is 18.3 Å². The molecule has 4 heteroatoms. The second-order valence-electron chi connectivity index (χ2n) is 1.38. The van der Waals surface area contributed by atoms with Gasteiger partial charge in [0.2, 0.25) is 0 Å². The maximum absolute atomic E-state index is 8.78. The maximum atomic E-state index is 8.78. The number of hydrogen-bond acceptors (Lipinski definition) is 2. The van der Waals surface area contributed by atoms with Crippen molar-refractivity contribution in [2.24, 2.45) is 0 Å². The van der Waals surface area contributed by atoms with Gasteiger partial charge in [0.1, 0.15) is 10.4 Å². The fourth-order valence-corrected chi connectivity index (χ4v) is 0.549. The van der Waals surface area contributed by atoms with Gasteiger partial charge in [-0.25, -0.2) is 0 Å². The number of H-pyrrole nitrogens is 1. The summed E-state index contributed by atoms with van der Waals surface area (Å²) >= 11 is 4.65. The van der Waals surface area contributed by atoms with Gasteiger partial charge >= 0.3 is 29.6 Å². The number of aromatic hydroxyl groups is 1. The average Bonchev–Trinajstić information content (AvgIpc) is 1.77. The Morgan fingerprint density at radius 1 is 1.56 bits per heavy atom. The number of nitrogens with one attached hydrogen (secondary N) is 1. The van der Waals surface area contributed by atoms with Crippen molar-refractivity contribution in [1.29, 1.82) is 0 Å². The summed E-state index contributed by atoms with van der Waals surface area (Å²) in [5.41, 5.74) is 0. The summed E-state index contributed by atoms with van der Waals surface area (Å²) in [5, 5.41) is 8.78. The first-order valence-corrected chi connectivity index (χ1v) is 2.58. The summed E-state index contributed by atoms with van der Waals surface area (Å²) in [6.07, 6.45) is 1.67. The van der Waals surface area contributed by atoms with Crippen LogP contribution in [0.5, 0.6) is 5.75 Å². The van der Waals surface area contributed by atoms with Crippen LogP contribution in [0, 0.1) is 4.64 Å². The monoisotopic (exact) mass is 151 g/mol. The van der Waals surface area contributed by atoms with E-state index < -0.39 is 0 Å². The van der Waals surface area contributed by atoms with Crippen LogP contribution in [0.25, 0.3) is 0 Å². The molecule has 1 heterocycles. The van der Waals surface area contributed by atoms with E-state index in [9.17, 15) is 0 Å². The van der Waals surface area contributed by atoms with Crippen molar-refractivity contribution in [3.05, 3.63) is 23.0 Å². The van der Waals surface area contributed by atoms with Gasteiger partial charge in [-0.2, -0.15) is 0 Å². The molecule has 0 fully saturated rings. The quantitative estimate of drug-likeness (QED) is 0.425. The first kappa shape index (κ1) is 9.17. The molecule has 0 aromatic carbocycles. The normalized spacial score (nSPS) is 8.00. The second-order valence-corrected chi connectivity index (χ2v) is 1.79. The Balaban J connectivity index is 0.000000640. The number of hydrogen-bond donors (Lipinski definition) is 2. The van der Waals surface area contributed by atoms with Crippen molar-refractivity contribution < 1.29 is 5.11 Å². The molecular weight excluding hydrogens is 145 g/mol. The first-order chi connectivity index (χ1) is 3.80. The molecule has 0 aliphatic carbocycles. The van der Waals surface area contributed by atoms with Crippen LogP contribution in [0.1, 0.15) is 0 Å². The third kappa shape index (κ3) is 2.49. The Morgan fingerprint density at radius 3 is 2.56 bits per heavy atom. The Bertz CT molecular complexity index is 234. The molecule has 1 aromatic heterocycles. The van der Waals surface area contributed by atoms with Gasteiger partial charge < -0.3 is 10.1 Å². The zero-order valence-corrected chi connectivity index (χ0v) is 4.90. The molecule has 0 radical (unpaired) electrons. The van der Waals surface area contributed by atoms with E-state index >= 15 is 0 Å². The predicted molar refractivity (Wildman–Crippen MR) is 40.4 cm³/mol. The Hall–Kier alpha value is 0.170. The van der Waals surface area contributed by atoms with E-state index in [1.54, 1.807) is 18.3 Å². The van der Waals surface area contributed by atoms with Gasteiger partial charge in [0.05, 0.1) is 0 Å². The summed E-state index contributed by atoms with van der Waals surface area (Å²) in [7, 11) is 0. The van der Waals surface area contributed by atoms with E-state index in [4.69, 9.17) is 5.11 Å². The molecule has 0 aliphatic rings. The Labute approximate surface area is 80.2 Å². The van der Waals surface area contributed by atoms with Gasteiger partial charge in [-0.1, -0.05) is 12.2 Å². The van der Waals surface area contributed by atoms with Gasteiger partial charge in [-0.3, -0.25) is 0 Å². The molecule has 0 saturated carbocycles. The molecule has 0 spiro atoms. The molecule has 9 heavy (non-hydrogen) atoms. The molecule has 0 unspecified atom stereocenters. The molecule has 2 nitrogen and oxygen atoms in total. The van der Waals surface area contributed by atoms with E-state index in [-0.39, 0.29) is 35.3 Å². The summed E-state index contributed by atoms with van der Waals surface area (Å²) in [5.74, 6) is 0.127. The SMILES string of the molecule is Oc1ccc[nH]c1=S.[NaH]. The van der Waals surface area contributed by atoms with Gasteiger partial charge in [0.15, 0.2) is 0 Å². The summed E-state index contributed by atoms with van der Waals surface area (Å²) in [6, 6.07) is 3.23. The van der Waals surface area contributed by atoms with Crippen molar-refractivity contribution in [1.82, 2.24) is 4.98 Å². The minimum absolute atomic E-state index is 0. The van der Waals surface area contributed by atoms with E-state index in [1.807, 2.05) is 0 Å². The molecule has 0 atom stereocenters. The molecule has 0 amide bonds. The molecular formula is C5H6NNaOS. The van der Waals surface area contributed by atoms with Crippen molar-refractivity contribution in [2.75, 3.05) is 0 Å². The molecule has 0 aliphatic heterocycles. The molecule has 1 aromatic rings. The van der Waals surface area contributed by atoms with E-state index in [1.165, 1.54) is 0 Å². The minimum atomic E-state index is 0. The van der Waals surface area contributed by atoms with Gasteiger partial charge in [-0.15, -0.1) is 0 Å². The predicted octanol–water partition coefficient (Wildman–Crippen LogP) is 0.801. The van der Waals surface area contributed by atoms with Crippen molar-refractivity contribution in [3.63, 3.8) is 0 Å².